The highest BCUT2D eigenvalue weighted by Crippen LogP contribution is 2.41. The van der Waals surface area contributed by atoms with Crippen LogP contribution in [0, 0.1) is 10.1 Å². The Morgan fingerprint density at radius 1 is 1.17 bits per heavy atom. The van der Waals surface area contributed by atoms with Crippen molar-refractivity contribution < 1.29 is 4.92 Å². The first-order chi connectivity index (χ1) is 11.1. The van der Waals surface area contributed by atoms with Crippen LogP contribution in [0.3, 0.4) is 0 Å². The smallest absolute Gasteiger partial charge is 0.356 e. The summed E-state index contributed by atoms with van der Waals surface area (Å²) >= 11 is 7.54. The third kappa shape index (κ3) is 2.31. The number of para-hydroxylation sites is 1. The zero-order valence-electron chi connectivity index (χ0n) is 11.8. The number of imidazole rings is 1. The summed E-state index contributed by atoms with van der Waals surface area (Å²) in [6.45, 7) is 0. The van der Waals surface area contributed by atoms with Gasteiger partial charge in [0.15, 0.2) is 5.69 Å². The fraction of sp³-hybridized carbons (Fsp3) is 0.0625. The van der Waals surface area contributed by atoms with Gasteiger partial charge < -0.3 is 10.1 Å². The van der Waals surface area contributed by atoms with Gasteiger partial charge in [0, 0.05) is 10.6 Å². The first kappa shape index (κ1) is 14.3. The molecule has 1 aliphatic heterocycles. The zero-order chi connectivity index (χ0) is 16.0. The summed E-state index contributed by atoms with van der Waals surface area (Å²) in [7, 11) is 0. The number of nitrogens with zero attached hydrogens (tertiary/aromatic N) is 3. The van der Waals surface area contributed by atoms with Crippen LogP contribution in [0.2, 0.25) is 5.02 Å². The number of thioether (sulfide) groups is 1. The Kier molecular flexibility index (Phi) is 3.36. The van der Waals surface area contributed by atoms with Crippen molar-refractivity contribution in [2.24, 2.45) is 0 Å². The molecule has 0 bridgehead atoms. The van der Waals surface area contributed by atoms with Crippen LogP contribution >= 0.6 is 23.4 Å². The summed E-state index contributed by atoms with van der Waals surface area (Å²) in [6, 6.07) is 14.6. The molecule has 0 spiro atoms. The predicted molar refractivity (Wildman–Crippen MR) is 90.2 cm³/mol. The molecule has 7 heteroatoms. The van der Waals surface area contributed by atoms with Crippen LogP contribution in [0.15, 0.2) is 53.4 Å². The van der Waals surface area contributed by atoms with Gasteiger partial charge in [0.25, 0.3) is 0 Å². The lowest BCUT2D eigenvalue weighted by Crippen LogP contribution is -2.09. The van der Waals surface area contributed by atoms with Gasteiger partial charge in [0.2, 0.25) is 5.82 Å². The lowest BCUT2D eigenvalue weighted by Gasteiger charge is -2.13. The number of hydrogen-bond acceptors (Lipinski definition) is 4. The average molecular weight is 344 g/mol. The van der Waals surface area contributed by atoms with Crippen LogP contribution in [0.4, 0.5) is 5.82 Å². The molecule has 0 atom stereocenters. The quantitative estimate of drug-likeness (QED) is 0.499. The van der Waals surface area contributed by atoms with Gasteiger partial charge in [0.05, 0.1) is 10.6 Å². The lowest BCUT2D eigenvalue weighted by atomic mass is 10.1. The minimum Gasteiger partial charge on any atom is -0.358 e. The molecule has 0 radical (unpaired) electrons. The Balaban J connectivity index is 1.99. The highest BCUT2D eigenvalue weighted by atomic mass is 35.5. The van der Waals surface area contributed by atoms with E-state index in [2.05, 4.69) is 4.98 Å². The zero-order valence-corrected chi connectivity index (χ0v) is 13.3. The van der Waals surface area contributed by atoms with Gasteiger partial charge in [-0.2, -0.15) is 4.57 Å². The van der Waals surface area contributed by atoms with E-state index in [9.17, 15) is 10.1 Å². The summed E-state index contributed by atoms with van der Waals surface area (Å²) in [4.78, 5) is 16.9. The largest absolute Gasteiger partial charge is 0.358 e. The van der Waals surface area contributed by atoms with Gasteiger partial charge in [-0.1, -0.05) is 35.9 Å². The van der Waals surface area contributed by atoms with Crippen LogP contribution in [0.1, 0.15) is 5.82 Å². The van der Waals surface area contributed by atoms with E-state index in [1.165, 1.54) is 0 Å². The molecule has 4 rings (SSSR count). The predicted octanol–water partition coefficient (Wildman–Crippen LogP) is 4.71. The van der Waals surface area contributed by atoms with Gasteiger partial charge in [-0.15, -0.1) is 11.8 Å². The summed E-state index contributed by atoms with van der Waals surface area (Å²) in [5.74, 6) is 1.28. The highest BCUT2D eigenvalue weighted by Gasteiger charge is 2.33. The standard InChI is InChI=1S/C16H10ClN3O2S/c17-11-7-5-10(6-8-11)15-16(20(21)22)19-12-3-1-2-4-13(12)23-9-14(19)18-15/h1-8H,9H2. The van der Waals surface area contributed by atoms with Crippen molar-refractivity contribution >= 4 is 29.2 Å². The summed E-state index contributed by atoms with van der Waals surface area (Å²) in [5, 5.41) is 12.3. The molecule has 23 heavy (non-hydrogen) atoms. The molecule has 0 amide bonds. The average Bonchev–Trinajstić information content (AvgIpc) is 2.95. The number of rotatable bonds is 2. The SMILES string of the molecule is O=[N+]([O-])c1c(-c2ccc(Cl)cc2)nc2n1-c1ccccc1SC2. The second kappa shape index (κ2) is 5.40. The maximum Gasteiger partial charge on any atom is 0.356 e. The molecule has 2 aromatic carbocycles. The van der Waals surface area contributed by atoms with E-state index in [-0.39, 0.29) is 10.7 Å². The Hall–Kier alpha value is -2.31. The van der Waals surface area contributed by atoms with Gasteiger partial charge in [-0.25, -0.2) is 4.98 Å². The number of nitro groups is 1. The topological polar surface area (TPSA) is 61.0 Å². The van der Waals surface area contributed by atoms with E-state index in [0.29, 0.717) is 27.9 Å². The summed E-state index contributed by atoms with van der Waals surface area (Å²) in [6.07, 6.45) is 0. The van der Waals surface area contributed by atoms with Crippen molar-refractivity contribution in [1.82, 2.24) is 9.55 Å². The van der Waals surface area contributed by atoms with Crippen LogP contribution in [0.5, 0.6) is 0 Å². The number of aromatic nitrogens is 2. The molecular weight excluding hydrogens is 334 g/mol. The molecule has 114 valence electrons. The molecule has 1 aliphatic rings. The molecule has 0 saturated heterocycles. The molecule has 3 aromatic rings. The first-order valence-electron chi connectivity index (χ1n) is 6.89. The minimum atomic E-state index is -0.368. The normalized spacial score (nSPS) is 12.6. The van der Waals surface area contributed by atoms with E-state index >= 15 is 0 Å². The Labute approximate surface area is 141 Å². The molecule has 1 aromatic heterocycles. The van der Waals surface area contributed by atoms with E-state index in [1.807, 2.05) is 24.3 Å². The van der Waals surface area contributed by atoms with Gasteiger partial charge in [0.1, 0.15) is 5.69 Å². The molecule has 0 fully saturated rings. The fourth-order valence-corrected chi connectivity index (χ4v) is 3.77. The maximum atomic E-state index is 11.7. The molecule has 0 aliphatic carbocycles. The Morgan fingerprint density at radius 2 is 1.91 bits per heavy atom. The summed E-state index contributed by atoms with van der Waals surface area (Å²) in [5.41, 5.74) is 1.86. The van der Waals surface area contributed by atoms with Crippen molar-refractivity contribution in [1.29, 1.82) is 0 Å². The molecule has 0 unspecified atom stereocenters. The molecule has 5 nitrogen and oxygen atoms in total. The minimum absolute atomic E-state index is 0.00456. The monoisotopic (exact) mass is 343 g/mol. The van der Waals surface area contributed by atoms with Crippen LogP contribution in [-0.2, 0) is 5.75 Å². The van der Waals surface area contributed by atoms with E-state index in [0.717, 1.165) is 10.6 Å². The van der Waals surface area contributed by atoms with Crippen molar-refractivity contribution in [2.45, 2.75) is 10.6 Å². The molecule has 0 N–H and O–H groups in total. The lowest BCUT2D eigenvalue weighted by molar-refractivity contribution is -0.390. The third-order valence-electron chi connectivity index (χ3n) is 3.68. The van der Waals surface area contributed by atoms with Crippen molar-refractivity contribution in [3.05, 3.63) is 69.5 Å². The highest BCUT2D eigenvalue weighted by molar-refractivity contribution is 7.98. The van der Waals surface area contributed by atoms with Gasteiger partial charge in [-0.3, -0.25) is 0 Å². The first-order valence-corrected chi connectivity index (χ1v) is 8.25. The number of halogens is 1. The summed E-state index contributed by atoms with van der Waals surface area (Å²) < 4.78 is 1.65. The second-order valence-electron chi connectivity index (χ2n) is 5.06. The third-order valence-corrected chi connectivity index (χ3v) is 4.99. The maximum absolute atomic E-state index is 11.7. The van der Waals surface area contributed by atoms with E-state index in [1.54, 1.807) is 40.6 Å². The second-order valence-corrected chi connectivity index (χ2v) is 6.51. The van der Waals surface area contributed by atoms with Crippen molar-refractivity contribution in [3.63, 3.8) is 0 Å². The van der Waals surface area contributed by atoms with Crippen molar-refractivity contribution in [3.8, 4) is 16.9 Å². The Morgan fingerprint density at radius 3 is 2.65 bits per heavy atom. The Bertz CT molecular complexity index is 922. The van der Waals surface area contributed by atoms with E-state index < -0.39 is 0 Å². The van der Waals surface area contributed by atoms with Crippen LogP contribution in [-0.4, -0.2) is 14.5 Å². The number of hydrogen-bond donors (Lipinski definition) is 0. The molecule has 2 heterocycles. The van der Waals surface area contributed by atoms with E-state index in [4.69, 9.17) is 11.6 Å². The number of fused-ring (bicyclic) bond motifs is 3. The number of benzene rings is 2. The molecular formula is C16H10ClN3O2S. The van der Waals surface area contributed by atoms with Crippen LogP contribution in [0.25, 0.3) is 16.9 Å². The van der Waals surface area contributed by atoms with Crippen LogP contribution < -0.4 is 0 Å². The van der Waals surface area contributed by atoms with Gasteiger partial charge >= 0.3 is 5.82 Å². The van der Waals surface area contributed by atoms with Gasteiger partial charge in [-0.05, 0) is 29.2 Å². The van der Waals surface area contributed by atoms with Crippen molar-refractivity contribution in [2.75, 3.05) is 0 Å². The fourth-order valence-electron chi connectivity index (χ4n) is 2.68. The molecule has 0 saturated carbocycles.